The van der Waals surface area contributed by atoms with Gasteiger partial charge in [0.15, 0.2) is 0 Å². The number of carboxylic acids is 1. The van der Waals surface area contributed by atoms with E-state index in [1.165, 1.54) is 11.1 Å². The molecule has 2 aromatic heterocycles. The summed E-state index contributed by atoms with van der Waals surface area (Å²) in [5, 5.41) is 14.7. The van der Waals surface area contributed by atoms with Crippen LogP contribution in [-0.2, 0) is 19.4 Å². The van der Waals surface area contributed by atoms with Gasteiger partial charge in [-0.15, -0.1) is 0 Å². The van der Waals surface area contributed by atoms with Crippen LogP contribution in [0, 0.1) is 0 Å². The highest BCUT2D eigenvalue weighted by molar-refractivity contribution is 6.05. The van der Waals surface area contributed by atoms with Crippen LogP contribution in [-0.4, -0.2) is 26.7 Å². The SMILES string of the molecule is CC1CC=C(c2c(C(=O)O)n(Cc3ccnc(N)c3)c3cc4c(cc23)CCC4)N1. The minimum absolute atomic E-state index is 0.305. The first-order chi connectivity index (χ1) is 14.0. The predicted octanol–water partition coefficient (Wildman–Crippen LogP) is 3.58. The molecule has 0 spiro atoms. The topological polar surface area (TPSA) is 93.2 Å². The van der Waals surface area contributed by atoms with E-state index in [2.05, 4.69) is 35.4 Å². The van der Waals surface area contributed by atoms with Crippen molar-refractivity contribution < 1.29 is 9.90 Å². The Morgan fingerprint density at radius 1 is 1.31 bits per heavy atom. The Bertz CT molecular complexity index is 1180. The first-order valence-electron chi connectivity index (χ1n) is 10.1. The van der Waals surface area contributed by atoms with Crippen LogP contribution < -0.4 is 11.1 Å². The van der Waals surface area contributed by atoms with Gasteiger partial charge in [-0.25, -0.2) is 9.78 Å². The molecular formula is C23H24N4O2. The number of nitrogens with zero attached hydrogens (tertiary/aromatic N) is 2. The predicted molar refractivity (Wildman–Crippen MR) is 114 cm³/mol. The second kappa shape index (κ2) is 6.65. The van der Waals surface area contributed by atoms with Crippen LogP contribution >= 0.6 is 0 Å². The van der Waals surface area contributed by atoms with Crippen molar-refractivity contribution in [2.24, 2.45) is 0 Å². The van der Waals surface area contributed by atoms with E-state index >= 15 is 0 Å². The van der Waals surface area contributed by atoms with Crippen LogP contribution in [0.4, 0.5) is 5.82 Å². The zero-order valence-electron chi connectivity index (χ0n) is 16.4. The van der Waals surface area contributed by atoms with Crippen LogP contribution in [0.2, 0.25) is 0 Å². The molecule has 3 heterocycles. The standard InChI is InChI=1S/C23H24N4O2/c1-13-5-6-18(26-13)21-17-10-15-3-2-4-16(15)11-19(17)27(22(21)23(28)29)12-14-7-8-25-20(24)9-14/h6-11,13,26H,2-5,12H2,1H3,(H2,24,25)(H,28,29). The summed E-state index contributed by atoms with van der Waals surface area (Å²) in [7, 11) is 0. The molecule has 0 saturated carbocycles. The summed E-state index contributed by atoms with van der Waals surface area (Å²) in [6.07, 6.45) is 7.94. The molecule has 6 nitrogen and oxygen atoms in total. The number of carboxylic acid groups (broad SMARTS) is 1. The summed E-state index contributed by atoms with van der Waals surface area (Å²) in [4.78, 5) is 16.5. The molecule has 0 radical (unpaired) electrons. The summed E-state index contributed by atoms with van der Waals surface area (Å²) in [5.74, 6) is -0.480. The van der Waals surface area contributed by atoms with Gasteiger partial charge in [-0.2, -0.15) is 0 Å². The number of aromatic nitrogens is 2. The fraction of sp³-hybridized carbons (Fsp3) is 0.304. The van der Waals surface area contributed by atoms with E-state index in [1.54, 1.807) is 12.3 Å². The van der Waals surface area contributed by atoms with E-state index in [1.807, 2.05) is 10.6 Å². The van der Waals surface area contributed by atoms with Gasteiger partial charge in [0.1, 0.15) is 11.5 Å². The molecule has 0 fully saturated rings. The number of benzene rings is 1. The zero-order valence-corrected chi connectivity index (χ0v) is 16.4. The summed E-state index contributed by atoms with van der Waals surface area (Å²) >= 11 is 0. The number of hydrogen-bond acceptors (Lipinski definition) is 4. The van der Waals surface area contributed by atoms with E-state index < -0.39 is 5.97 Å². The van der Waals surface area contributed by atoms with Gasteiger partial charge < -0.3 is 20.7 Å². The molecule has 1 unspecified atom stereocenters. The molecule has 0 amide bonds. The Labute approximate surface area is 169 Å². The quantitative estimate of drug-likeness (QED) is 0.635. The highest BCUT2D eigenvalue weighted by atomic mass is 16.4. The summed E-state index contributed by atoms with van der Waals surface area (Å²) in [5.41, 5.74) is 12.5. The molecule has 0 bridgehead atoms. The van der Waals surface area contributed by atoms with Crippen molar-refractivity contribution in [3.05, 3.63) is 64.5 Å². The first kappa shape index (κ1) is 17.8. The molecular weight excluding hydrogens is 364 g/mol. The molecule has 1 aliphatic heterocycles. The summed E-state index contributed by atoms with van der Waals surface area (Å²) in [6, 6.07) is 8.40. The number of carbonyl (C=O) groups is 1. The van der Waals surface area contributed by atoms with Gasteiger partial charge in [0.2, 0.25) is 0 Å². The number of rotatable bonds is 4. The average Bonchev–Trinajstić information content (AvgIpc) is 3.37. The number of aryl methyl sites for hydroxylation is 2. The molecule has 5 rings (SSSR count). The Hall–Kier alpha value is -3.28. The lowest BCUT2D eigenvalue weighted by Crippen LogP contribution is -2.19. The molecule has 29 heavy (non-hydrogen) atoms. The lowest BCUT2D eigenvalue weighted by molar-refractivity contribution is 0.0686. The van der Waals surface area contributed by atoms with Gasteiger partial charge in [0.25, 0.3) is 0 Å². The molecule has 0 saturated heterocycles. The molecule has 1 aromatic carbocycles. The Morgan fingerprint density at radius 2 is 2.10 bits per heavy atom. The lowest BCUT2D eigenvalue weighted by Gasteiger charge is -2.11. The maximum absolute atomic E-state index is 12.4. The third-order valence-corrected chi connectivity index (χ3v) is 6.01. The van der Waals surface area contributed by atoms with Crippen LogP contribution in [0.3, 0.4) is 0 Å². The van der Waals surface area contributed by atoms with Crippen LogP contribution in [0.5, 0.6) is 0 Å². The third-order valence-electron chi connectivity index (χ3n) is 6.01. The van der Waals surface area contributed by atoms with E-state index in [9.17, 15) is 9.90 Å². The largest absolute Gasteiger partial charge is 0.477 e. The summed E-state index contributed by atoms with van der Waals surface area (Å²) < 4.78 is 1.92. The number of anilines is 1. The highest BCUT2D eigenvalue weighted by Crippen LogP contribution is 2.37. The average molecular weight is 388 g/mol. The number of aromatic carboxylic acids is 1. The van der Waals surface area contributed by atoms with Crippen LogP contribution in [0.25, 0.3) is 16.6 Å². The van der Waals surface area contributed by atoms with Gasteiger partial charge in [0.05, 0.1) is 0 Å². The van der Waals surface area contributed by atoms with E-state index in [0.29, 0.717) is 24.1 Å². The van der Waals surface area contributed by atoms with Crippen molar-refractivity contribution in [2.45, 2.75) is 45.2 Å². The van der Waals surface area contributed by atoms with Gasteiger partial charge >= 0.3 is 5.97 Å². The van der Waals surface area contributed by atoms with Crippen molar-refractivity contribution in [2.75, 3.05) is 5.73 Å². The van der Waals surface area contributed by atoms with E-state index in [0.717, 1.165) is 53.4 Å². The fourth-order valence-corrected chi connectivity index (χ4v) is 4.70. The van der Waals surface area contributed by atoms with Crippen molar-refractivity contribution in [1.29, 1.82) is 0 Å². The smallest absolute Gasteiger partial charge is 0.353 e. The third kappa shape index (κ3) is 2.95. The molecule has 2 aliphatic rings. The maximum Gasteiger partial charge on any atom is 0.353 e. The highest BCUT2D eigenvalue weighted by Gasteiger charge is 2.28. The van der Waals surface area contributed by atoms with Crippen molar-refractivity contribution in [1.82, 2.24) is 14.9 Å². The van der Waals surface area contributed by atoms with Crippen molar-refractivity contribution in [3.63, 3.8) is 0 Å². The second-order valence-electron chi connectivity index (χ2n) is 8.09. The normalized spacial score (nSPS) is 18.0. The fourth-order valence-electron chi connectivity index (χ4n) is 4.70. The second-order valence-corrected chi connectivity index (χ2v) is 8.09. The number of pyridine rings is 1. The van der Waals surface area contributed by atoms with Crippen molar-refractivity contribution >= 4 is 28.4 Å². The van der Waals surface area contributed by atoms with E-state index in [4.69, 9.17) is 5.73 Å². The van der Waals surface area contributed by atoms with E-state index in [-0.39, 0.29) is 0 Å². The van der Waals surface area contributed by atoms with Crippen LogP contribution in [0.1, 0.15) is 52.5 Å². The minimum Gasteiger partial charge on any atom is -0.477 e. The van der Waals surface area contributed by atoms with Crippen LogP contribution in [0.15, 0.2) is 36.5 Å². The Morgan fingerprint density at radius 3 is 2.79 bits per heavy atom. The molecule has 1 aliphatic carbocycles. The molecule has 4 N–H and O–H groups in total. The first-order valence-corrected chi connectivity index (χ1v) is 10.1. The maximum atomic E-state index is 12.4. The van der Waals surface area contributed by atoms with Crippen molar-refractivity contribution in [3.8, 4) is 0 Å². The summed E-state index contributed by atoms with van der Waals surface area (Å²) in [6.45, 7) is 2.55. The number of nitrogens with one attached hydrogen (secondary N) is 1. The zero-order chi connectivity index (χ0) is 20.1. The lowest BCUT2D eigenvalue weighted by atomic mass is 10.0. The number of nitrogens with two attached hydrogens (primary N) is 1. The molecule has 148 valence electrons. The molecule has 3 aromatic rings. The Kier molecular flexibility index (Phi) is 4.08. The molecule has 1 atom stereocenters. The number of nitrogen functional groups attached to an aromatic ring is 1. The van der Waals surface area contributed by atoms with Gasteiger partial charge in [-0.3, -0.25) is 0 Å². The Balaban J connectivity index is 1.78. The van der Waals surface area contributed by atoms with Gasteiger partial charge in [0, 0.05) is 40.9 Å². The van der Waals surface area contributed by atoms with Gasteiger partial charge in [-0.1, -0.05) is 6.08 Å². The number of hydrogen-bond donors (Lipinski definition) is 3. The van der Waals surface area contributed by atoms with Gasteiger partial charge in [-0.05, 0) is 73.6 Å². The minimum atomic E-state index is -0.916. The monoisotopic (exact) mass is 388 g/mol. The molecule has 6 heteroatoms. The number of fused-ring (bicyclic) bond motifs is 2.